The largest absolute Gasteiger partial charge is 0.402 e. The molecule has 0 saturated heterocycles. The van der Waals surface area contributed by atoms with Crippen LogP contribution in [0.1, 0.15) is 48.0 Å². The molecule has 1 unspecified atom stereocenters. The van der Waals surface area contributed by atoms with Gasteiger partial charge in [-0.25, -0.2) is 0 Å². The molecule has 5 heteroatoms. The Balaban J connectivity index is 5.37. The van der Waals surface area contributed by atoms with E-state index in [1.165, 1.54) is 11.8 Å². The van der Waals surface area contributed by atoms with E-state index in [1.54, 1.807) is 27.7 Å². The highest BCUT2D eigenvalue weighted by Crippen LogP contribution is 2.42. The van der Waals surface area contributed by atoms with Crippen molar-refractivity contribution in [1.82, 2.24) is 4.90 Å². The summed E-state index contributed by atoms with van der Waals surface area (Å²) in [5.41, 5.74) is -2.29. The van der Waals surface area contributed by atoms with Crippen LogP contribution in [0.3, 0.4) is 0 Å². The van der Waals surface area contributed by atoms with Gasteiger partial charge in [-0.2, -0.15) is 13.2 Å². The van der Waals surface area contributed by atoms with E-state index in [1.807, 2.05) is 0 Å². The zero-order valence-corrected chi connectivity index (χ0v) is 11.4. The Morgan fingerprint density at radius 1 is 1.12 bits per heavy atom. The average Bonchev–Trinajstić information content (AvgIpc) is 2.13. The second kappa shape index (κ2) is 5.27. The first-order valence-corrected chi connectivity index (χ1v) is 5.88. The number of halogens is 3. The Hall–Kier alpha value is -0.740. The van der Waals surface area contributed by atoms with Gasteiger partial charge in [-0.3, -0.25) is 4.79 Å². The minimum absolute atomic E-state index is 0.240. The number of rotatable bonds is 4. The maximum Gasteiger partial charge on any atom is 0.402 e. The summed E-state index contributed by atoms with van der Waals surface area (Å²) >= 11 is 0. The summed E-state index contributed by atoms with van der Waals surface area (Å²) in [6.07, 6.45) is -4.76. The van der Waals surface area contributed by atoms with Crippen molar-refractivity contribution in [3.05, 3.63) is 0 Å². The molecule has 17 heavy (non-hydrogen) atoms. The summed E-state index contributed by atoms with van der Waals surface area (Å²) < 4.78 is 39.0. The minimum Gasteiger partial charge on any atom is -0.337 e. The van der Waals surface area contributed by atoms with E-state index in [0.29, 0.717) is 0 Å². The van der Waals surface area contributed by atoms with Gasteiger partial charge in [-0.15, -0.1) is 0 Å². The van der Waals surface area contributed by atoms with E-state index in [4.69, 9.17) is 0 Å². The van der Waals surface area contributed by atoms with Crippen molar-refractivity contribution in [2.24, 2.45) is 5.41 Å². The molecule has 2 nitrogen and oxygen atoms in total. The first-order valence-electron chi connectivity index (χ1n) is 5.88. The molecule has 0 aliphatic rings. The van der Waals surface area contributed by atoms with E-state index < -0.39 is 17.5 Å². The number of carbonyl (C=O) groups is 1. The summed E-state index contributed by atoms with van der Waals surface area (Å²) in [5, 5.41) is 0. The molecule has 0 bridgehead atoms. The van der Waals surface area contributed by atoms with Gasteiger partial charge in [-0.1, -0.05) is 6.92 Å². The van der Waals surface area contributed by atoms with Gasteiger partial charge in [0.1, 0.15) is 5.41 Å². The molecule has 0 rings (SSSR count). The third-order valence-corrected chi connectivity index (χ3v) is 3.15. The molecule has 0 N–H and O–H groups in total. The molecule has 0 fully saturated rings. The van der Waals surface area contributed by atoms with Crippen LogP contribution in [-0.2, 0) is 4.79 Å². The summed E-state index contributed by atoms with van der Waals surface area (Å²) in [6.45, 7) is 9.28. The average molecular weight is 253 g/mol. The predicted octanol–water partition coefficient (Wildman–Crippen LogP) is 3.61. The monoisotopic (exact) mass is 253 g/mol. The van der Waals surface area contributed by atoms with Crippen molar-refractivity contribution in [1.29, 1.82) is 0 Å². The van der Waals surface area contributed by atoms with Crippen molar-refractivity contribution in [3.63, 3.8) is 0 Å². The first-order chi connectivity index (χ1) is 7.49. The molecule has 0 aromatic carbocycles. The molecule has 102 valence electrons. The molecule has 0 aromatic heterocycles. The second-order valence-corrected chi connectivity index (χ2v) is 5.08. The molecular weight excluding hydrogens is 231 g/mol. The van der Waals surface area contributed by atoms with E-state index >= 15 is 0 Å². The Kier molecular flexibility index (Phi) is 5.04. The molecule has 0 aromatic rings. The number of carbonyl (C=O) groups excluding carboxylic acids is 1. The fourth-order valence-electron chi connectivity index (χ4n) is 1.82. The lowest BCUT2D eigenvalue weighted by molar-refractivity contribution is -0.225. The van der Waals surface area contributed by atoms with E-state index in [0.717, 1.165) is 6.92 Å². The Labute approximate surface area is 101 Å². The van der Waals surface area contributed by atoms with Crippen LogP contribution in [0.5, 0.6) is 0 Å². The molecule has 0 heterocycles. The standard InChI is InChI=1S/C12H22F3NO/c1-7-11(6,12(13,14)15)10(17)16(8(2)3)9(4)5/h8-9H,7H2,1-6H3. The zero-order chi connectivity index (χ0) is 14.0. The van der Waals surface area contributed by atoms with Crippen LogP contribution in [0.4, 0.5) is 13.2 Å². The van der Waals surface area contributed by atoms with Crippen LogP contribution in [0.2, 0.25) is 0 Å². The normalized spacial score (nSPS) is 16.2. The smallest absolute Gasteiger partial charge is 0.337 e. The molecule has 1 amide bonds. The van der Waals surface area contributed by atoms with E-state index in [2.05, 4.69) is 0 Å². The molecule has 1 atom stereocenters. The predicted molar refractivity (Wildman–Crippen MR) is 61.6 cm³/mol. The highest BCUT2D eigenvalue weighted by atomic mass is 19.4. The van der Waals surface area contributed by atoms with Crippen LogP contribution >= 0.6 is 0 Å². The van der Waals surface area contributed by atoms with Gasteiger partial charge in [0.15, 0.2) is 0 Å². The van der Waals surface area contributed by atoms with Crippen molar-refractivity contribution < 1.29 is 18.0 Å². The maximum atomic E-state index is 13.0. The summed E-state index contributed by atoms with van der Waals surface area (Å²) in [7, 11) is 0. The number of nitrogens with zero attached hydrogens (tertiary/aromatic N) is 1. The Bertz CT molecular complexity index is 265. The molecule has 0 spiro atoms. The number of hydrogen-bond acceptors (Lipinski definition) is 1. The SMILES string of the molecule is CCC(C)(C(=O)N(C(C)C)C(C)C)C(F)(F)F. The van der Waals surface area contributed by atoms with Crippen molar-refractivity contribution in [2.75, 3.05) is 0 Å². The van der Waals surface area contributed by atoms with Gasteiger partial charge in [0.05, 0.1) is 0 Å². The van der Waals surface area contributed by atoms with Crippen LogP contribution in [0.15, 0.2) is 0 Å². The molecule has 0 aliphatic carbocycles. The van der Waals surface area contributed by atoms with E-state index in [-0.39, 0.29) is 18.5 Å². The van der Waals surface area contributed by atoms with Crippen molar-refractivity contribution in [2.45, 2.75) is 66.2 Å². The quantitative estimate of drug-likeness (QED) is 0.749. The van der Waals surface area contributed by atoms with Crippen LogP contribution in [0, 0.1) is 5.41 Å². The van der Waals surface area contributed by atoms with Gasteiger partial charge in [-0.05, 0) is 41.0 Å². The lowest BCUT2D eigenvalue weighted by atomic mass is 9.84. The van der Waals surface area contributed by atoms with Crippen LogP contribution in [0.25, 0.3) is 0 Å². The fraction of sp³-hybridized carbons (Fsp3) is 0.917. The summed E-state index contributed by atoms with van der Waals surface area (Å²) in [6, 6.07) is -0.480. The molecule has 0 aliphatic heterocycles. The molecule has 0 saturated carbocycles. The highest BCUT2D eigenvalue weighted by Gasteiger charge is 2.57. The lowest BCUT2D eigenvalue weighted by Crippen LogP contribution is -2.54. The molecule has 0 radical (unpaired) electrons. The third-order valence-electron chi connectivity index (χ3n) is 3.15. The van der Waals surface area contributed by atoms with Gasteiger partial charge >= 0.3 is 6.18 Å². The van der Waals surface area contributed by atoms with Gasteiger partial charge in [0, 0.05) is 12.1 Å². The van der Waals surface area contributed by atoms with E-state index in [9.17, 15) is 18.0 Å². The first kappa shape index (κ1) is 16.3. The maximum absolute atomic E-state index is 13.0. The molecular formula is C12H22F3NO. The van der Waals surface area contributed by atoms with Crippen LogP contribution < -0.4 is 0 Å². The number of alkyl halides is 3. The Morgan fingerprint density at radius 3 is 1.65 bits per heavy atom. The topological polar surface area (TPSA) is 20.3 Å². The van der Waals surface area contributed by atoms with Gasteiger partial charge in [0.25, 0.3) is 0 Å². The minimum atomic E-state index is -4.51. The highest BCUT2D eigenvalue weighted by molar-refractivity contribution is 5.83. The lowest BCUT2D eigenvalue weighted by Gasteiger charge is -2.39. The number of amides is 1. The zero-order valence-electron chi connectivity index (χ0n) is 11.4. The van der Waals surface area contributed by atoms with Crippen molar-refractivity contribution in [3.8, 4) is 0 Å². The van der Waals surface area contributed by atoms with Gasteiger partial charge < -0.3 is 4.90 Å². The summed E-state index contributed by atoms with van der Waals surface area (Å²) in [5.74, 6) is -0.836. The van der Waals surface area contributed by atoms with Crippen molar-refractivity contribution >= 4 is 5.91 Å². The van der Waals surface area contributed by atoms with Crippen LogP contribution in [-0.4, -0.2) is 29.1 Å². The Morgan fingerprint density at radius 2 is 1.47 bits per heavy atom. The summed E-state index contributed by atoms with van der Waals surface area (Å²) in [4.78, 5) is 13.4. The third kappa shape index (κ3) is 3.13. The van der Waals surface area contributed by atoms with Gasteiger partial charge in [0.2, 0.25) is 5.91 Å². The fourth-order valence-corrected chi connectivity index (χ4v) is 1.82. The number of hydrogen-bond donors (Lipinski definition) is 0. The second-order valence-electron chi connectivity index (χ2n) is 5.08.